The molecule has 0 aliphatic heterocycles. The van der Waals surface area contributed by atoms with Crippen LogP contribution in [0.1, 0.15) is 33.2 Å². The van der Waals surface area contributed by atoms with Gasteiger partial charge in [-0.15, -0.1) is 0 Å². The number of rotatable bonds is 7. The molecule has 1 amide bonds. The summed E-state index contributed by atoms with van der Waals surface area (Å²) < 4.78 is 10.8. The Morgan fingerprint density at radius 2 is 1.72 bits per heavy atom. The van der Waals surface area contributed by atoms with Gasteiger partial charge in [0.1, 0.15) is 12.4 Å². The van der Waals surface area contributed by atoms with Crippen LogP contribution in [0.2, 0.25) is 5.02 Å². The zero-order chi connectivity index (χ0) is 20.6. The van der Waals surface area contributed by atoms with Crippen molar-refractivity contribution in [2.45, 2.75) is 13.5 Å². The van der Waals surface area contributed by atoms with Crippen molar-refractivity contribution in [1.29, 1.82) is 0 Å². The van der Waals surface area contributed by atoms with Crippen molar-refractivity contribution in [3.05, 3.63) is 94.5 Å². The fourth-order valence-corrected chi connectivity index (χ4v) is 2.87. The molecule has 0 bridgehead atoms. The Morgan fingerprint density at radius 1 is 0.966 bits per heavy atom. The molecule has 1 N–H and O–H groups in total. The van der Waals surface area contributed by atoms with E-state index < -0.39 is 5.97 Å². The highest BCUT2D eigenvalue weighted by molar-refractivity contribution is 6.31. The Morgan fingerprint density at radius 3 is 2.52 bits per heavy atom. The third-order valence-electron chi connectivity index (χ3n) is 4.12. The molecule has 3 aromatic carbocycles. The third kappa shape index (κ3) is 5.36. The molecule has 0 unspecified atom stereocenters. The summed E-state index contributed by atoms with van der Waals surface area (Å²) in [5.41, 5.74) is 1.94. The average Bonchev–Trinajstić information content (AvgIpc) is 2.74. The van der Waals surface area contributed by atoms with Crippen LogP contribution in [0.5, 0.6) is 5.75 Å². The Bertz CT molecular complexity index is 1020. The molecule has 6 heteroatoms. The van der Waals surface area contributed by atoms with E-state index in [-0.39, 0.29) is 19.1 Å². The first-order chi connectivity index (χ1) is 14.1. The topological polar surface area (TPSA) is 64.6 Å². The molecule has 0 radical (unpaired) electrons. The van der Waals surface area contributed by atoms with Gasteiger partial charge < -0.3 is 14.8 Å². The normalized spacial score (nSPS) is 10.3. The highest BCUT2D eigenvalue weighted by atomic mass is 35.5. The Labute approximate surface area is 174 Å². The largest absolute Gasteiger partial charge is 0.489 e. The third-order valence-corrected chi connectivity index (χ3v) is 4.49. The molecule has 5 nitrogen and oxygen atoms in total. The van der Waals surface area contributed by atoms with Gasteiger partial charge in [-0.1, -0.05) is 48.0 Å². The molecule has 0 aliphatic rings. The molecule has 0 fully saturated rings. The number of esters is 1. The lowest BCUT2D eigenvalue weighted by Gasteiger charge is -2.12. The molecular formula is C23H20ClNO4. The average molecular weight is 410 g/mol. The molecule has 0 atom stereocenters. The summed E-state index contributed by atoms with van der Waals surface area (Å²) in [5, 5.41) is 3.38. The van der Waals surface area contributed by atoms with Gasteiger partial charge in [0.25, 0.3) is 5.91 Å². The highest BCUT2D eigenvalue weighted by Gasteiger charge is 2.15. The second-order valence-electron chi connectivity index (χ2n) is 6.13. The number of hydrogen-bond donors (Lipinski definition) is 1. The molecule has 3 rings (SSSR count). The quantitative estimate of drug-likeness (QED) is 0.534. The maximum Gasteiger partial charge on any atom is 0.340 e. The van der Waals surface area contributed by atoms with Crippen LogP contribution < -0.4 is 10.1 Å². The summed E-state index contributed by atoms with van der Waals surface area (Å²) in [7, 11) is 0. The maximum atomic E-state index is 12.7. The summed E-state index contributed by atoms with van der Waals surface area (Å²) in [6.07, 6.45) is 0. The van der Waals surface area contributed by atoms with Crippen LogP contribution in [-0.4, -0.2) is 18.5 Å². The number of carbonyl (C=O) groups is 2. The Hall–Kier alpha value is -3.31. The van der Waals surface area contributed by atoms with Crippen molar-refractivity contribution >= 4 is 29.2 Å². The zero-order valence-electron chi connectivity index (χ0n) is 15.9. The van der Waals surface area contributed by atoms with Gasteiger partial charge in [0.05, 0.1) is 17.9 Å². The molecule has 0 heterocycles. The van der Waals surface area contributed by atoms with E-state index in [1.165, 1.54) is 0 Å². The molecule has 0 aromatic heterocycles. The molecule has 29 heavy (non-hydrogen) atoms. The monoisotopic (exact) mass is 409 g/mol. The zero-order valence-corrected chi connectivity index (χ0v) is 16.6. The van der Waals surface area contributed by atoms with Crippen LogP contribution in [0.25, 0.3) is 0 Å². The van der Waals surface area contributed by atoms with Crippen molar-refractivity contribution in [1.82, 2.24) is 0 Å². The molecule has 148 valence electrons. The maximum absolute atomic E-state index is 12.7. The van der Waals surface area contributed by atoms with Crippen LogP contribution in [0.3, 0.4) is 0 Å². The fourth-order valence-electron chi connectivity index (χ4n) is 2.68. The number of halogens is 1. The van der Waals surface area contributed by atoms with Crippen LogP contribution in [0.4, 0.5) is 5.69 Å². The van der Waals surface area contributed by atoms with Crippen LogP contribution in [0, 0.1) is 0 Å². The van der Waals surface area contributed by atoms with Gasteiger partial charge in [0.15, 0.2) is 0 Å². The first-order valence-electron chi connectivity index (χ1n) is 9.12. The van der Waals surface area contributed by atoms with Crippen molar-refractivity contribution < 1.29 is 19.1 Å². The fraction of sp³-hybridized carbons (Fsp3) is 0.130. The van der Waals surface area contributed by atoms with Crippen molar-refractivity contribution in [2.24, 2.45) is 0 Å². The van der Waals surface area contributed by atoms with E-state index in [4.69, 9.17) is 21.1 Å². The standard InChI is InChI=1S/C23H20ClNO4/c1-2-28-23(27)19-11-4-6-13-21(19)25-22(26)16-9-7-10-18(14-16)29-15-17-8-3-5-12-20(17)24/h3-14H,2,15H2,1H3,(H,25,26). The van der Waals surface area contributed by atoms with Gasteiger partial charge in [-0.25, -0.2) is 4.79 Å². The van der Waals surface area contributed by atoms with Crippen LogP contribution in [0.15, 0.2) is 72.8 Å². The molecule has 0 saturated heterocycles. The summed E-state index contributed by atoms with van der Waals surface area (Å²) in [6.45, 7) is 2.27. The number of hydrogen-bond acceptors (Lipinski definition) is 4. The van der Waals surface area contributed by atoms with E-state index in [1.54, 1.807) is 61.5 Å². The molecule has 0 aliphatic carbocycles. The Balaban J connectivity index is 1.72. The smallest absolute Gasteiger partial charge is 0.340 e. The predicted molar refractivity (Wildman–Crippen MR) is 113 cm³/mol. The van der Waals surface area contributed by atoms with E-state index in [0.717, 1.165) is 5.56 Å². The second kappa shape index (κ2) is 9.75. The van der Waals surface area contributed by atoms with Gasteiger partial charge in [-0.3, -0.25) is 4.79 Å². The molecule has 0 spiro atoms. The number of para-hydroxylation sites is 1. The highest BCUT2D eigenvalue weighted by Crippen LogP contribution is 2.21. The summed E-state index contributed by atoms with van der Waals surface area (Å²) in [4.78, 5) is 24.8. The predicted octanol–water partition coefficient (Wildman–Crippen LogP) is 5.35. The van der Waals surface area contributed by atoms with Gasteiger partial charge in [0, 0.05) is 16.1 Å². The number of amides is 1. The first kappa shape index (κ1) is 20.4. The number of ether oxygens (including phenoxy) is 2. The van der Waals surface area contributed by atoms with E-state index in [2.05, 4.69) is 5.32 Å². The van der Waals surface area contributed by atoms with Crippen molar-refractivity contribution in [2.75, 3.05) is 11.9 Å². The first-order valence-corrected chi connectivity index (χ1v) is 9.50. The van der Waals surface area contributed by atoms with Crippen molar-refractivity contribution in [3.63, 3.8) is 0 Å². The van der Waals surface area contributed by atoms with E-state index in [1.807, 2.05) is 18.2 Å². The number of carbonyl (C=O) groups excluding carboxylic acids is 2. The summed E-state index contributed by atoms with van der Waals surface area (Å²) in [6, 6.07) is 20.9. The Kier molecular flexibility index (Phi) is 6.87. The van der Waals surface area contributed by atoms with Crippen LogP contribution in [-0.2, 0) is 11.3 Å². The van der Waals surface area contributed by atoms with Crippen LogP contribution >= 0.6 is 11.6 Å². The molecule has 3 aromatic rings. The number of anilines is 1. The minimum Gasteiger partial charge on any atom is -0.489 e. The van der Waals surface area contributed by atoms with Gasteiger partial charge >= 0.3 is 5.97 Å². The van der Waals surface area contributed by atoms with Gasteiger partial charge in [-0.05, 0) is 43.3 Å². The minimum atomic E-state index is -0.486. The lowest BCUT2D eigenvalue weighted by atomic mass is 10.1. The van der Waals surface area contributed by atoms with Gasteiger partial charge in [0.2, 0.25) is 0 Å². The van der Waals surface area contributed by atoms with Gasteiger partial charge in [-0.2, -0.15) is 0 Å². The minimum absolute atomic E-state index is 0.256. The number of benzene rings is 3. The van der Waals surface area contributed by atoms with E-state index in [9.17, 15) is 9.59 Å². The van der Waals surface area contributed by atoms with E-state index >= 15 is 0 Å². The molecule has 0 saturated carbocycles. The SMILES string of the molecule is CCOC(=O)c1ccccc1NC(=O)c1cccc(OCc2ccccc2Cl)c1. The summed E-state index contributed by atoms with van der Waals surface area (Å²) >= 11 is 6.14. The number of nitrogens with one attached hydrogen (secondary N) is 1. The lowest BCUT2D eigenvalue weighted by molar-refractivity contribution is 0.0527. The second-order valence-corrected chi connectivity index (χ2v) is 6.54. The lowest BCUT2D eigenvalue weighted by Crippen LogP contribution is -2.16. The molecular weight excluding hydrogens is 390 g/mol. The summed E-state index contributed by atoms with van der Waals surface area (Å²) in [5.74, 6) is -0.304. The van der Waals surface area contributed by atoms with Crippen molar-refractivity contribution in [3.8, 4) is 5.75 Å². The van der Waals surface area contributed by atoms with E-state index in [0.29, 0.717) is 27.6 Å².